The van der Waals surface area contributed by atoms with Gasteiger partial charge >= 0.3 is 0 Å². The Morgan fingerprint density at radius 1 is 1.19 bits per heavy atom. The molecule has 0 saturated heterocycles. The number of furan rings is 1. The molecule has 0 bridgehead atoms. The van der Waals surface area contributed by atoms with Crippen LogP contribution in [0.4, 0.5) is 21.7 Å². The van der Waals surface area contributed by atoms with Gasteiger partial charge in [0.05, 0.1) is 17.4 Å². The van der Waals surface area contributed by atoms with E-state index in [1.54, 1.807) is 18.5 Å². The van der Waals surface area contributed by atoms with E-state index in [9.17, 15) is 9.18 Å². The van der Waals surface area contributed by atoms with Crippen molar-refractivity contribution < 1.29 is 13.6 Å². The standard InChI is InChI=1S/C22H25FN6O2/c1-12-6-7-19(31-12)13-8-14(11-26-10-13)27-21-15(20(25)30)9-16(23)22(29-21)28-18-5-3-2-4-17(18)24/h6-11,17-18H,2-5,24H2,1H3,(H2,25,30)(H2,27,28,29)/t17-,18+/m0/s1. The summed E-state index contributed by atoms with van der Waals surface area (Å²) in [7, 11) is 0. The Labute approximate surface area is 179 Å². The molecule has 8 nitrogen and oxygen atoms in total. The summed E-state index contributed by atoms with van der Waals surface area (Å²) in [6, 6.07) is 6.41. The van der Waals surface area contributed by atoms with Crippen LogP contribution in [0.1, 0.15) is 41.8 Å². The molecule has 3 heterocycles. The second-order valence-electron chi connectivity index (χ2n) is 7.78. The van der Waals surface area contributed by atoms with E-state index in [0.717, 1.165) is 43.1 Å². The maximum absolute atomic E-state index is 14.7. The van der Waals surface area contributed by atoms with Crippen molar-refractivity contribution in [2.75, 3.05) is 10.6 Å². The first kappa shape index (κ1) is 20.8. The molecule has 31 heavy (non-hydrogen) atoms. The zero-order chi connectivity index (χ0) is 22.0. The molecule has 1 amide bonds. The SMILES string of the molecule is Cc1ccc(-c2cncc(Nc3nc(N[C@@H]4CCCC[C@@H]4N)c(F)cc3C(N)=O)c2)o1. The molecular weight excluding hydrogens is 399 g/mol. The van der Waals surface area contributed by atoms with Crippen molar-refractivity contribution in [2.24, 2.45) is 11.5 Å². The Balaban J connectivity index is 1.64. The molecule has 1 saturated carbocycles. The Kier molecular flexibility index (Phi) is 5.85. The number of anilines is 3. The molecule has 0 spiro atoms. The van der Waals surface area contributed by atoms with Crippen LogP contribution in [0.5, 0.6) is 0 Å². The summed E-state index contributed by atoms with van der Waals surface area (Å²) < 4.78 is 20.3. The van der Waals surface area contributed by atoms with Gasteiger partial charge in [-0.3, -0.25) is 9.78 Å². The monoisotopic (exact) mass is 424 g/mol. The summed E-state index contributed by atoms with van der Waals surface area (Å²) in [6.45, 7) is 1.85. The zero-order valence-corrected chi connectivity index (χ0v) is 17.2. The van der Waals surface area contributed by atoms with E-state index >= 15 is 0 Å². The topological polar surface area (TPSA) is 132 Å². The molecule has 6 N–H and O–H groups in total. The summed E-state index contributed by atoms with van der Waals surface area (Å²) >= 11 is 0. The summed E-state index contributed by atoms with van der Waals surface area (Å²) in [6.07, 6.45) is 7.00. The van der Waals surface area contributed by atoms with Crippen molar-refractivity contribution in [1.82, 2.24) is 9.97 Å². The van der Waals surface area contributed by atoms with E-state index in [1.165, 1.54) is 0 Å². The second-order valence-corrected chi connectivity index (χ2v) is 7.78. The van der Waals surface area contributed by atoms with Crippen LogP contribution >= 0.6 is 0 Å². The van der Waals surface area contributed by atoms with Crippen molar-refractivity contribution in [3.05, 3.63) is 53.8 Å². The molecule has 0 radical (unpaired) electrons. The number of aromatic nitrogens is 2. The van der Waals surface area contributed by atoms with Gasteiger partial charge in [-0.1, -0.05) is 12.8 Å². The fourth-order valence-corrected chi connectivity index (χ4v) is 3.76. The Morgan fingerprint density at radius 3 is 2.71 bits per heavy atom. The fraction of sp³-hybridized carbons (Fsp3) is 0.318. The van der Waals surface area contributed by atoms with Gasteiger partial charge in [-0.25, -0.2) is 9.37 Å². The van der Waals surface area contributed by atoms with Crippen molar-refractivity contribution >= 4 is 23.2 Å². The number of carbonyl (C=O) groups excluding carboxylic acids is 1. The highest BCUT2D eigenvalue weighted by Gasteiger charge is 2.24. The van der Waals surface area contributed by atoms with Crippen molar-refractivity contribution in [1.29, 1.82) is 0 Å². The molecule has 4 rings (SSSR count). The van der Waals surface area contributed by atoms with Crippen LogP contribution in [0.15, 0.2) is 41.1 Å². The third-order valence-electron chi connectivity index (χ3n) is 5.41. The highest BCUT2D eigenvalue weighted by molar-refractivity contribution is 5.98. The van der Waals surface area contributed by atoms with Crippen LogP contribution in [0, 0.1) is 12.7 Å². The van der Waals surface area contributed by atoms with Gasteiger partial charge < -0.3 is 26.5 Å². The van der Waals surface area contributed by atoms with Crippen LogP contribution in [-0.2, 0) is 0 Å². The van der Waals surface area contributed by atoms with Crippen LogP contribution in [0.3, 0.4) is 0 Å². The Hall–Kier alpha value is -3.46. The van der Waals surface area contributed by atoms with Gasteiger partial charge in [0.1, 0.15) is 17.3 Å². The second kappa shape index (κ2) is 8.73. The van der Waals surface area contributed by atoms with E-state index < -0.39 is 11.7 Å². The number of pyridine rings is 2. The lowest BCUT2D eigenvalue weighted by molar-refractivity contribution is 0.100. The molecule has 3 aromatic rings. The molecule has 1 aliphatic rings. The fourth-order valence-electron chi connectivity index (χ4n) is 3.76. The smallest absolute Gasteiger partial charge is 0.252 e. The van der Waals surface area contributed by atoms with E-state index in [0.29, 0.717) is 11.4 Å². The van der Waals surface area contributed by atoms with Gasteiger partial charge in [0.25, 0.3) is 5.91 Å². The van der Waals surface area contributed by atoms with Gasteiger partial charge in [-0.05, 0) is 44.0 Å². The molecule has 0 aliphatic heterocycles. The zero-order valence-electron chi connectivity index (χ0n) is 17.2. The Morgan fingerprint density at radius 2 is 2.00 bits per heavy atom. The number of amides is 1. The number of nitrogens with zero attached hydrogens (tertiary/aromatic N) is 2. The van der Waals surface area contributed by atoms with Gasteiger partial charge in [-0.2, -0.15) is 0 Å². The predicted molar refractivity (Wildman–Crippen MR) is 117 cm³/mol. The van der Waals surface area contributed by atoms with Gasteiger partial charge in [0, 0.05) is 23.8 Å². The first-order valence-corrected chi connectivity index (χ1v) is 10.2. The van der Waals surface area contributed by atoms with E-state index in [2.05, 4.69) is 20.6 Å². The molecule has 9 heteroatoms. The third kappa shape index (κ3) is 4.66. The molecule has 2 atom stereocenters. The van der Waals surface area contributed by atoms with E-state index in [4.69, 9.17) is 15.9 Å². The minimum Gasteiger partial charge on any atom is -0.461 e. The highest BCUT2D eigenvalue weighted by atomic mass is 19.1. The number of hydrogen-bond donors (Lipinski definition) is 4. The van der Waals surface area contributed by atoms with Crippen LogP contribution in [0.2, 0.25) is 0 Å². The number of hydrogen-bond acceptors (Lipinski definition) is 7. The number of nitrogens with one attached hydrogen (secondary N) is 2. The molecular formula is C22H25FN6O2. The predicted octanol–water partition coefficient (Wildman–Crippen LogP) is 3.71. The lowest BCUT2D eigenvalue weighted by atomic mass is 9.91. The van der Waals surface area contributed by atoms with Crippen molar-refractivity contribution in [3.8, 4) is 11.3 Å². The molecule has 0 aromatic carbocycles. The lowest BCUT2D eigenvalue weighted by Gasteiger charge is -2.30. The minimum absolute atomic E-state index is 0.0284. The molecule has 162 valence electrons. The molecule has 3 aromatic heterocycles. The lowest BCUT2D eigenvalue weighted by Crippen LogP contribution is -2.43. The number of carbonyl (C=O) groups is 1. The average molecular weight is 424 g/mol. The van der Waals surface area contributed by atoms with Crippen LogP contribution < -0.4 is 22.1 Å². The maximum atomic E-state index is 14.7. The third-order valence-corrected chi connectivity index (χ3v) is 5.41. The molecule has 1 fully saturated rings. The highest BCUT2D eigenvalue weighted by Crippen LogP contribution is 2.28. The maximum Gasteiger partial charge on any atom is 0.252 e. The van der Waals surface area contributed by atoms with Crippen LogP contribution in [0.25, 0.3) is 11.3 Å². The minimum atomic E-state index is -0.791. The summed E-state index contributed by atoms with van der Waals surface area (Å²) in [5, 5.41) is 6.13. The summed E-state index contributed by atoms with van der Waals surface area (Å²) in [5.41, 5.74) is 12.9. The number of halogens is 1. The summed E-state index contributed by atoms with van der Waals surface area (Å²) in [5.74, 6) is 0.150. The number of aryl methyl sites for hydroxylation is 1. The average Bonchev–Trinajstić information content (AvgIpc) is 3.18. The quantitative estimate of drug-likeness (QED) is 0.474. The first-order chi connectivity index (χ1) is 14.9. The van der Waals surface area contributed by atoms with Crippen molar-refractivity contribution in [2.45, 2.75) is 44.7 Å². The number of rotatable bonds is 6. The van der Waals surface area contributed by atoms with Gasteiger partial charge in [0.2, 0.25) is 0 Å². The van der Waals surface area contributed by atoms with Gasteiger partial charge in [-0.15, -0.1) is 0 Å². The van der Waals surface area contributed by atoms with E-state index in [1.807, 2.05) is 19.1 Å². The van der Waals surface area contributed by atoms with Crippen LogP contribution in [-0.4, -0.2) is 28.0 Å². The molecule has 1 aliphatic carbocycles. The van der Waals surface area contributed by atoms with Crippen molar-refractivity contribution in [3.63, 3.8) is 0 Å². The molecule has 0 unspecified atom stereocenters. The Bertz CT molecular complexity index is 1100. The van der Waals surface area contributed by atoms with Gasteiger partial charge in [0.15, 0.2) is 11.6 Å². The number of nitrogens with two attached hydrogens (primary N) is 2. The largest absolute Gasteiger partial charge is 0.461 e. The first-order valence-electron chi connectivity index (χ1n) is 10.2. The number of primary amides is 1. The van der Waals surface area contributed by atoms with E-state index in [-0.39, 0.29) is 29.3 Å². The normalized spacial score (nSPS) is 18.5. The summed E-state index contributed by atoms with van der Waals surface area (Å²) in [4.78, 5) is 20.4.